The van der Waals surface area contributed by atoms with E-state index in [1.54, 1.807) is 48.0 Å². The number of halogens is 2. The molecule has 0 aliphatic carbocycles. The van der Waals surface area contributed by atoms with E-state index in [2.05, 4.69) is 5.32 Å². The van der Waals surface area contributed by atoms with E-state index >= 15 is 0 Å². The van der Waals surface area contributed by atoms with E-state index in [4.69, 9.17) is 28.9 Å². The Morgan fingerprint density at radius 1 is 1.27 bits per heavy atom. The number of carbonyl (C=O) groups is 2. The molecule has 1 aromatic carbocycles. The van der Waals surface area contributed by atoms with E-state index < -0.39 is 11.9 Å². The monoisotopic (exact) mass is 338 g/mol. The first kappa shape index (κ1) is 16.3. The Morgan fingerprint density at radius 3 is 2.68 bits per heavy atom. The summed E-state index contributed by atoms with van der Waals surface area (Å²) < 4.78 is 1.59. The zero-order valence-electron chi connectivity index (χ0n) is 11.7. The van der Waals surface area contributed by atoms with E-state index in [1.165, 1.54) is 6.20 Å². The van der Waals surface area contributed by atoms with Crippen LogP contribution in [0.3, 0.4) is 0 Å². The third kappa shape index (κ3) is 3.75. The van der Waals surface area contributed by atoms with Gasteiger partial charge < -0.3 is 11.1 Å². The largest absolute Gasteiger partial charge is 0.365 e. The van der Waals surface area contributed by atoms with E-state index in [0.29, 0.717) is 21.3 Å². The third-order valence-electron chi connectivity index (χ3n) is 3.12. The molecule has 0 bridgehead atoms. The van der Waals surface area contributed by atoms with Gasteiger partial charge in [0.15, 0.2) is 12.4 Å². The van der Waals surface area contributed by atoms with Gasteiger partial charge in [0, 0.05) is 18.0 Å². The van der Waals surface area contributed by atoms with Crippen molar-refractivity contribution < 1.29 is 14.2 Å². The predicted octanol–water partition coefficient (Wildman–Crippen LogP) is 2.58. The summed E-state index contributed by atoms with van der Waals surface area (Å²) >= 11 is 11.9. The predicted molar refractivity (Wildman–Crippen MR) is 85.0 cm³/mol. The number of aromatic nitrogens is 1. The SMILES string of the molecule is C[C@@H](C(=O)Nc1cc(Cl)ccc1Cl)[n+]1cccc(C(N)=O)c1. The van der Waals surface area contributed by atoms with Gasteiger partial charge in [-0.3, -0.25) is 9.59 Å². The second-order valence-electron chi connectivity index (χ2n) is 4.69. The second-order valence-corrected chi connectivity index (χ2v) is 5.54. The zero-order valence-corrected chi connectivity index (χ0v) is 13.2. The number of nitrogens with two attached hydrogens (primary N) is 1. The van der Waals surface area contributed by atoms with Crippen LogP contribution in [0.25, 0.3) is 0 Å². The number of nitrogens with one attached hydrogen (secondary N) is 1. The first-order valence-corrected chi connectivity index (χ1v) is 7.20. The Balaban J connectivity index is 2.20. The topological polar surface area (TPSA) is 76.1 Å². The molecule has 7 heteroatoms. The molecule has 1 aromatic heterocycles. The Morgan fingerprint density at radius 2 is 2.00 bits per heavy atom. The summed E-state index contributed by atoms with van der Waals surface area (Å²) in [5, 5.41) is 3.56. The van der Waals surface area contributed by atoms with E-state index in [1.807, 2.05) is 0 Å². The highest BCUT2D eigenvalue weighted by atomic mass is 35.5. The maximum Gasteiger partial charge on any atom is 0.293 e. The van der Waals surface area contributed by atoms with Crippen LogP contribution < -0.4 is 15.6 Å². The Bertz CT molecular complexity index is 734. The summed E-state index contributed by atoms with van der Waals surface area (Å²) in [6.45, 7) is 1.69. The van der Waals surface area contributed by atoms with Crippen LogP contribution >= 0.6 is 23.2 Å². The Labute approximate surface area is 137 Å². The molecule has 0 radical (unpaired) electrons. The summed E-state index contributed by atoms with van der Waals surface area (Å²) in [5.41, 5.74) is 5.98. The molecular formula is C15H14Cl2N3O2+. The van der Waals surface area contributed by atoms with Crippen molar-refractivity contribution >= 4 is 40.7 Å². The molecule has 0 aliphatic heterocycles. The summed E-state index contributed by atoms with van der Waals surface area (Å²) in [7, 11) is 0. The van der Waals surface area contributed by atoms with Crippen LogP contribution in [0.4, 0.5) is 5.69 Å². The minimum absolute atomic E-state index is 0.296. The van der Waals surface area contributed by atoms with E-state index in [9.17, 15) is 9.59 Å². The molecule has 22 heavy (non-hydrogen) atoms. The highest BCUT2D eigenvalue weighted by Gasteiger charge is 2.23. The summed E-state index contributed by atoms with van der Waals surface area (Å²) in [5.74, 6) is -0.851. The molecule has 0 spiro atoms. The van der Waals surface area contributed by atoms with Crippen molar-refractivity contribution in [2.75, 3.05) is 5.32 Å². The van der Waals surface area contributed by atoms with Gasteiger partial charge in [0.1, 0.15) is 5.56 Å². The summed E-state index contributed by atoms with van der Waals surface area (Å²) in [6.07, 6.45) is 3.20. The molecule has 0 unspecified atom stereocenters. The van der Waals surface area contributed by atoms with Crippen molar-refractivity contribution in [2.45, 2.75) is 13.0 Å². The van der Waals surface area contributed by atoms with Crippen LogP contribution in [-0.4, -0.2) is 11.8 Å². The zero-order chi connectivity index (χ0) is 16.3. The van der Waals surface area contributed by atoms with E-state index in [-0.39, 0.29) is 5.91 Å². The van der Waals surface area contributed by atoms with Crippen molar-refractivity contribution in [1.82, 2.24) is 0 Å². The molecule has 1 heterocycles. The molecule has 0 fully saturated rings. The number of rotatable bonds is 4. The fourth-order valence-corrected chi connectivity index (χ4v) is 2.18. The molecule has 1 atom stereocenters. The van der Waals surface area contributed by atoms with Crippen LogP contribution in [0.1, 0.15) is 23.3 Å². The molecular weight excluding hydrogens is 325 g/mol. The minimum Gasteiger partial charge on any atom is -0.365 e. The van der Waals surface area contributed by atoms with Gasteiger partial charge in [-0.05, 0) is 24.3 Å². The first-order chi connectivity index (χ1) is 10.4. The minimum atomic E-state index is -0.561. The standard InChI is InChI=1S/C15H13Cl2N3O2/c1-9(20-6-2-3-10(8-20)14(18)21)15(22)19-13-7-11(16)4-5-12(13)17/h2-9H,1H3,(H2-,18,19,21,22)/p+1/t9-/m0/s1. The second kappa shape index (κ2) is 6.77. The average Bonchev–Trinajstić information content (AvgIpc) is 2.50. The molecule has 2 amide bonds. The maximum atomic E-state index is 12.3. The van der Waals surface area contributed by atoms with Crippen molar-refractivity contribution in [1.29, 1.82) is 0 Å². The van der Waals surface area contributed by atoms with Gasteiger partial charge in [0.2, 0.25) is 6.04 Å². The molecule has 2 rings (SSSR count). The van der Waals surface area contributed by atoms with Crippen molar-refractivity contribution in [2.24, 2.45) is 5.73 Å². The summed E-state index contributed by atoms with van der Waals surface area (Å²) in [4.78, 5) is 23.5. The lowest BCUT2D eigenvalue weighted by atomic mass is 10.2. The van der Waals surface area contributed by atoms with Crippen molar-refractivity contribution in [3.05, 3.63) is 58.3 Å². The number of hydrogen-bond donors (Lipinski definition) is 2. The normalized spacial score (nSPS) is 11.8. The number of carbonyl (C=O) groups excluding carboxylic acids is 2. The lowest BCUT2D eigenvalue weighted by Gasteiger charge is -2.10. The number of amides is 2. The van der Waals surface area contributed by atoms with Gasteiger partial charge >= 0.3 is 0 Å². The van der Waals surface area contributed by atoms with Gasteiger partial charge in [0.05, 0.1) is 10.7 Å². The molecule has 5 nitrogen and oxygen atoms in total. The molecule has 2 aromatic rings. The Kier molecular flexibility index (Phi) is 5.00. The smallest absolute Gasteiger partial charge is 0.293 e. The molecule has 114 valence electrons. The Hall–Kier alpha value is -2.11. The van der Waals surface area contributed by atoms with Gasteiger partial charge in [0.25, 0.3) is 11.8 Å². The lowest BCUT2D eigenvalue weighted by molar-refractivity contribution is -0.705. The van der Waals surface area contributed by atoms with Crippen LogP contribution in [0.2, 0.25) is 10.0 Å². The molecule has 0 saturated heterocycles. The van der Waals surface area contributed by atoms with Crippen LogP contribution in [0.5, 0.6) is 0 Å². The number of benzene rings is 1. The van der Waals surface area contributed by atoms with Crippen LogP contribution in [-0.2, 0) is 4.79 Å². The quantitative estimate of drug-likeness (QED) is 0.840. The van der Waals surface area contributed by atoms with Crippen molar-refractivity contribution in [3.63, 3.8) is 0 Å². The van der Waals surface area contributed by atoms with Gasteiger partial charge in [-0.1, -0.05) is 23.2 Å². The number of nitrogens with zero attached hydrogens (tertiary/aromatic N) is 1. The van der Waals surface area contributed by atoms with E-state index in [0.717, 1.165) is 0 Å². The molecule has 3 N–H and O–H groups in total. The molecule has 0 aliphatic rings. The number of hydrogen-bond acceptors (Lipinski definition) is 2. The lowest BCUT2D eigenvalue weighted by Crippen LogP contribution is -2.44. The molecule has 0 saturated carbocycles. The maximum absolute atomic E-state index is 12.3. The van der Waals surface area contributed by atoms with Crippen LogP contribution in [0, 0.1) is 0 Å². The summed E-state index contributed by atoms with van der Waals surface area (Å²) in [6, 6.07) is 7.47. The number of anilines is 1. The van der Waals surface area contributed by atoms with Gasteiger partial charge in [-0.2, -0.15) is 4.57 Å². The average molecular weight is 339 g/mol. The van der Waals surface area contributed by atoms with Crippen LogP contribution in [0.15, 0.2) is 42.7 Å². The number of primary amides is 1. The van der Waals surface area contributed by atoms with Gasteiger partial charge in [-0.15, -0.1) is 0 Å². The third-order valence-corrected chi connectivity index (χ3v) is 3.68. The fourth-order valence-electron chi connectivity index (χ4n) is 1.85. The van der Waals surface area contributed by atoms with Crippen molar-refractivity contribution in [3.8, 4) is 0 Å². The van der Waals surface area contributed by atoms with Gasteiger partial charge in [-0.25, -0.2) is 0 Å². The fraction of sp³-hybridized carbons (Fsp3) is 0.133. The highest BCUT2D eigenvalue weighted by molar-refractivity contribution is 6.35. The highest BCUT2D eigenvalue weighted by Crippen LogP contribution is 2.25. The number of pyridine rings is 1. The first-order valence-electron chi connectivity index (χ1n) is 6.45.